The van der Waals surface area contributed by atoms with E-state index in [4.69, 9.17) is 0 Å². The first-order chi connectivity index (χ1) is 14.0. The molecule has 0 unspecified atom stereocenters. The zero-order chi connectivity index (χ0) is 20.4. The molecule has 1 N–H and O–H groups in total. The van der Waals surface area contributed by atoms with Gasteiger partial charge in [0.15, 0.2) is 5.78 Å². The average Bonchev–Trinajstić information content (AvgIpc) is 2.72. The second-order valence-electron chi connectivity index (χ2n) is 7.17. The third kappa shape index (κ3) is 3.67. The number of benzene rings is 3. The number of nitrogens with one attached hydrogen (secondary N) is 1. The second-order valence-corrected chi connectivity index (χ2v) is 7.17. The molecule has 1 aromatic heterocycles. The molecule has 0 atom stereocenters. The number of allylic oxidation sites excluding steroid dienone is 1. The number of para-hydroxylation sites is 1. The fourth-order valence-electron chi connectivity index (χ4n) is 3.52. The highest BCUT2D eigenvalue weighted by atomic mass is 16.1. The number of fused-ring (bicyclic) bond motifs is 1. The topological polar surface area (TPSA) is 49.9 Å². The van der Waals surface area contributed by atoms with Gasteiger partial charge in [-0.3, -0.25) is 9.59 Å². The van der Waals surface area contributed by atoms with E-state index in [2.05, 4.69) is 4.98 Å². The maximum Gasteiger partial charge on any atom is 0.260 e. The number of carbonyl (C=O) groups is 1. The minimum atomic E-state index is -0.376. The van der Waals surface area contributed by atoms with Crippen LogP contribution in [0.25, 0.3) is 28.1 Å². The maximum atomic E-state index is 13.1. The quantitative estimate of drug-likeness (QED) is 0.365. The lowest BCUT2D eigenvalue weighted by Crippen LogP contribution is -2.18. The van der Waals surface area contributed by atoms with E-state index in [9.17, 15) is 9.59 Å². The van der Waals surface area contributed by atoms with Crippen molar-refractivity contribution < 1.29 is 4.79 Å². The molecule has 0 saturated heterocycles. The summed E-state index contributed by atoms with van der Waals surface area (Å²) >= 11 is 0. The number of ketones is 1. The Labute approximate surface area is 169 Å². The first-order valence-corrected chi connectivity index (χ1v) is 9.54. The highest BCUT2D eigenvalue weighted by Crippen LogP contribution is 2.30. The lowest BCUT2D eigenvalue weighted by molar-refractivity contribution is 0.104. The standard InChI is InChI=1S/C26H21NO2/c1-17-11-13-20(14-12-17)24-21-9-5-6-10-22(21)27-26(29)25(24)23(28)16-15-19-8-4-3-7-18(19)2/h3-16H,1-2H3,(H,27,29)/b16-15+. The second kappa shape index (κ2) is 7.72. The van der Waals surface area contributed by atoms with Crippen molar-refractivity contribution in [2.45, 2.75) is 13.8 Å². The summed E-state index contributed by atoms with van der Waals surface area (Å²) in [4.78, 5) is 28.9. The number of H-pyrrole nitrogens is 1. The SMILES string of the molecule is Cc1ccc(-c2c(C(=O)/C=C/c3ccccc3C)c(=O)[nH]c3ccccc23)cc1. The summed E-state index contributed by atoms with van der Waals surface area (Å²) in [5.74, 6) is -0.309. The Morgan fingerprint density at radius 3 is 2.31 bits per heavy atom. The molecule has 3 nitrogen and oxygen atoms in total. The van der Waals surface area contributed by atoms with Gasteiger partial charge >= 0.3 is 0 Å². The van der Waals surface area contributed by atoms with Crippen molar-refractivity contribution in [2.75, 3.05) is 0 Å². The van der Waals surface area contributed by atoms with Gasteiger partial charge < -0.3 is 4.98 Å². The normalized spacial score (nSPS) is 11.2. The molecule has 1 heterocycles. The summed E-state index contributed by atoms with van der Waals surface area (Å²) < 4.78 is 0. The molecule has 0 aliphatic carbocycles. The Kier molecular flexibility index (Phi) is 4.96. The van der Waals surface area contributed by atoms with E-state index in [0.29, 0.717) is 11.1 Å². The van der Waals surface area contributed by atoms with Crippen LogP contribution < -0.4 is 5.56 Å². The lowest BCUT2D eigenvalue weighted by Gasteiger charge is -2.11. The molecule has 0 fully saturated rings. The summed E-state index contributed by atoms with van der Waals surface area (Å²) in [6.07, 6.45) is 3.25. The number of hydrogen-bond donors (Lipinski definition) is 1. The number of aryl methyl sites for hydroxylation is 2. The molecule has 0 saturated carbocycles. The van der Waals surface area contributed by atoms with Gasteiger partial charge in [-0.1, -0.05) is 78.4 Å². The van der Waals surface area contributed by atoms with Gasteiger partial charge in [-0.05, 0) is 42.7 Å². The zero-order valence-corrected chi connectivity index (χ0v) is 16.4. The first kappa shape index (κ1) is 18.6. The highest BCUT2D eigenvalue weighted by Gasteiger charge is 2.19. The van der Waals surface area contributed by atoms with E-state index in [-0.39, 0.29) is 16.9 Å². The van der Waals surface area contributed by atoms with Crippen LogP contribution in [0.1, 0.15) is 27.0 Å². The average molecular weight is 379 g/mol. The molecule has 0 radical (unpaired) electrons. The van der Waals surface area contributed by atoms with Crippen LogP contribution in [-0.4, -0.2) is 10.8 Å². The van der Waals surface area contributed by atoms with Crippen molar-refractivity contribution in [3.8, 4) is 11.1 Å². The number of carbonyl (C=O) groups excluding carboxylic acids is 1. The molecule has 4 aromatic rings. The van der Waals surface area contributed by atoms with Gasteiger partial charge in [-0.2, -0.15) is 0 Å². The minimum Gasteiger partial charge on any atom is -0.321 e. The van der Waals surface area contributed by atoms with Crippen molar-refractivity contribution >= 4 is 22.8 Å². The molecular weight excluding hydrogens is 358 g/mol. The smallest absolute Gasteiger partial charge is 0.260 e. The van der Waals surface area contributed by atoms with Gasteiger partial charge in [0.05, 0.1) is 5.56 Å². The molecule has 3 heteroatoms. The van der Waals surface area contributed by atoms with Crippen LogP contribution in [0.15, 0.2) is 83.7 Å². The summed E-state index contributed by atoms with van der Waals surface area (Å²) in [6.45, 7) is 4.00. The highest BCUT2D eigenvalue weighted by molar-refractivity contribution is 6.15. The first-order valence-electron chi connectivity index (χ1n) is 9.54. The van der Waals surface area contributed by atoms with Gasteiger partial charge in [-0.25, -0.2) is 0 Å². The van der Waals surface area contributed by atoms with E-state index >= 15 is 0 Å². The predicted molar refractivity (Wildman–Crippen MR) is 119 cm³/mol. The monoisotopic (exact) mass is 379 g/mol. The van der Waals surface area contributed by atoms with E-state index in [0.717, 1.165) is 27.6 Å². The Hall–Kier alpha value is -3.72. The molecule has 0 spiro atoms. The molecule has 142 valence electrons. The lowest BCUT2D eigenvalue weighted by atomic mass is 9.93. The van der Waals surface area contributed by atoms with Crippen LogP contribution in [0.3, 0.4) is 0 Å². The molecule has 0 amide bonds. The van der Waals surface area contributed by atoms with E-state index in [1.165, 1.54) is 6.08 Å². The third-order valence-corrected chi connectivity index (χ3v) is 5.11. The Bertz CT molecular complexity index is 1290. The van der Waals surface area contributed by atoms with Crippen molar-refractivity contribution in [3.63, 3.8) is 0 Å². The van der Waals surface area contributed by atoms with Crippen molar-refractivity contribution in [1.29, 1.82) is 0 Å². The number of hydrogen-bond acceptors (Lipinski definition) is 2. The van der Waals surface area contributed by atoms with Gasteiger partial charge in [0.2, 0.25) is 0 Å². The number of rotatable bonds is 4. The van der Waals surface area contributed by atoms with Crippen LogP contribution in [0.5, 0.6) is 0 Å². The van der Waals surface area contributed by atoms with E-state index in [1.54, 1.807) is 6.08 Å². The van der Waals surface area contributed by atoms with E-state index < -0.39 is 0 Å². The zero-order valence-electron chi connectivity index (χ0n) is 16.4. The fraction of sp³-hybridized carbons (Fsp3) is 0.0769. The Morgan fingerprint density at radius 1 is 0.862 bits per heavy atom. The van der Waals surface area contributed by atoms with Crippen LogP contribution in [-0.2, 0) is 0 Å². The van der Waals surface area contributed by atoms with Gasteiger partial charge in [-0.15, -0.1) is 0 Å². The van der Waals surface area contributed by atoms with Crippen LogP contribution in [0.4, 0.5) is 0 Å². The maximum absolute atomic E-state index is 13.1. The molecule has 4 rings (SSSR count). The largest absolute Gasteiger partial charge is 0.321 e. The number of aromatic amines is 1. The molecule has 3 aromatic carbocycles. The van der Waals surface area contributed by atoms with Gasteiger partial charge in [0.1, 0.15) is 0 Å². The van der Waals surface area contributed by atoms with E-state index in [1.807, 2.05) is 86.6 Å². The molecule has 0 aliphatic rings. The molecular formula is C26H21NO2. The molecule has 0 bridgehead atoms. The van der Waals surface area contributed by atoms with Crippen LogP contribution in [0.2, 0.25) is 0 Å². The molecule has 29 heavy (non-hydrogen) atoms. The Balaban J connectivity index is 1.92. The van der Waals surface area contributed by atoms with Crippen LogP contribution in [0, 0.1) is 13.8 Å². The number of aromatic nitrogens is 1. The third-order valence-electron chi connectivity index (χ3n) is 5.11. The Morgan fingerprint density at radius 2 is 1.55 bits per heavy atom. The number of pyridine rings is 1. The van der Waals surface area contributed by atoms with Crippen molar-refractivity contribution in [2.24, 2.45) is 0 Å². The minimum absolute atomic E-state index is 0.164. The summed E-state index contributed by atoms with van der Waals surface area (Å²) in [6, 6.07) is 23.3. The van der Waals surface area contributed by atoms with Crippen molar-refractivity contribution in [3.05, 3.63) is 111 Å². The van der Waals surface area contributed by atoms with Gasteiger partial charge in [0.25, 0.3) is 5.56 Å². The summed E-state index contributed by atoms with van der Waals surface area (Å²) in [5, 5.41) is 0.851. The van der Waals surface area contributed by atoms with Crippen molar-refractivity contribution in [1.82, 2.24) is 4.98 Å². The summed E-state index contributed by atoms with van der Waals surface area (Å²) in [5.41, 5.74) is 5.17. The fourth-order valence-corrected chi connectivity index (χ4v) is 3.52. The van der Waals surface area contributed by atoms with Gasteiger partial charge in [0, 0.05) is 16.5 Å². The predicted octanol–water partition coefficient (Wildman–Crippen LogP) is 5.71. The molecule has 0 aliphatic heterocycles. The van der Waals surface area contributed by atoms with Crippen LogP contribution >= 0.6 is 0 Å². The summed E-state index contributed by atoms with van der Waals surface area (Å²) in [7, 11) is 0.